The molecule has 1 unspecified atom stereocenters. The van der Waals surface area contributed by atoms with Crippen molar-refractivity contribution in [3.8, 4) is 5.75 Å². The van der Waals surface area contributed by atoms with E-state index in [0.717, 1.165) is 30.8 Å². The van der Waals surface area contributed by atoms with Crippen LogP contribution in [0.5, 0.6) is 5.75 Å². The molecule has 8 nitrogen and oxygen atoms in total. The van der Waals surface area contributed by atoms with Crippen LogP contribution in [0, 0.1) is 5.92 Å². The predicted molar refractivity (Wildman–Crippen MR) is 132 cm³/mol. The Kier molecular flexibility index (Phi) is 9.42. The number of carbonyl (C=O) groups is 2. The van der Waals surface area contributed by atoms with Gasteiger partial charge in [-0.05, 0) is 48.6 Å². The lowest BCUT2D eigenvalue weighted by atomic mass is 9.93. The molecule has 0 radical (unpaired) electrons. The van der Waals surface area contributed by atoms with Crippen LogP contribution in [0.1, 0.15) is 42.6 Å². The zero-order valence-electron chi connectivity index (χ0n) is 20.4. The molecule has 0 aliphatic carbocycles. The standard InChI is InChI=1S/C26H37N5O3/c1-19(2)17-30(18-20-6-4-8-23(14-20)34-3)22-9-13-31(24(15-22)25(32)29-12-10-27)26(33)21-7-5-11-28-16-21/h4-8,11,14,16,19,22,24H,9-10,12-13,15,17-18,27H2,1-3H3,(H,29,32)/t22?,24-/m1/s1. The van der Waals surface area contributed by atoms with E-state index < -0.39 is 6.04 Å². The van der Waals surface area contributed by atoms with Gasteiger partial charge in [0.1, 0.15) is 11.8 Å². The van der Waals surface area contributed by atoms with Gasteiger partial charge < -0.3 is 20.7 Å². The van der Waals surface area contributed by atoms with Crippen molar-refractivity contribution >= 4 is 11.8 Å². The van der Waals surface area contributed by atoms with Crippen molar-refractivity contribution in [2.75, 3.05) is 33.3 Å². The molecule has 0 spiro atoms. The number of piperidine rings is 1. The number of ether oxygens (including phenoxy) is 1. The molecule has 8 heteroatoms. The summed E-state index contributed by atoms with van der Waals surface area (Å²) >= 11 is 0. The quantitative estimate of drug-likeness (QED) is 0.556. The van der Waals surface area contributed by atoms with Crippen molar-refractivity contribution in [3.05, 3.63) is 59.9 Å². The average molecular weight is 468 g/mol. The minimum absolute atomic E-state index is 0.154. The Morgan fingerprint density at radius 3 is 2.79 bits per heavy atom. The Bertz CT molecular complexity index is 937. The van der Waals surface area contributed by atoms with E-state index in [9.17, 15) is 9.59 Å². The maximum atomic E-state index is 13.3. The molecule has 184 valence electrons. The summed E-state index contributed by atoms with van der Waals surface area (Å²) in [6, 6.07) is 11.2. The van der Waals surface area contributed by atoms with Gasteiger partial charge in [0.05, 0.1) is 12.7 Å². The highest BCUT2D eigenvalue weighted by molar-refractivity contribution is 5.97. The van der Waals surface area contributed by atoms with E-state index in [4.69, 9.17) is 10.5 Å². The number of carbonyl (C=O) groups excluding carboxylic acids is 2. The monoisotopic (exact) mass is 467 g/mol. The Morgan fingerprint density at radius 2 is 2.12 bits per heavy atom. The predicted octanol–water partition coefficient (Wildman–Crippen LogP) is 2.30. The third-order valence-corrected chi connectivity index (χ3v) is 6.13. The molecule has 0 bridgehead atoms. The smallest absolute Gasteiger partial charge is 0.256 e. The summed E-state index contributed by atoms with van der Waals surface area (Å²) in [7, 11) is 1.67. The molecule has 2 heterocycles. The third-order valence-electron chi connectivity index (χ3n) is 6.13. The van der Waals surface area contributed by atoms with Crippen LogP contribution < -0.4 is 15.8 Å². The van der Waals surface area contributed by atoms with Gasteiger partial charge in [-0.15, -0.1) is 0 Å². The lowest BCUT2D eigenvalue weighted by Crippen LogP contribution is -2.57. The van der Waals surface area contributed by atoms with Crippen LogP contribution in [-0.2, 0) is 11.3 Å². The van der Waals surface area contributed by atoms with E-state index in [-0.39, 0.29) is 17.9 Å². The molecule has 3 rings (SSSR count). The summed E-state index contributed by atoms with van der Waals surface area (Å²) in [5.41, 5.74) is 7.27. The minimum Gasteiger partial charge on any atom is -0.497 e. The Labute approximate surface area is 202 Å². The molecule has 1 fully saturated rings. The van der Waals surface area contributed by atoms with Gasteiger partial charge in [-0.3, -0.25) is 19.5 Å². The first kappa shape index (κ1) is 25.6. The van der Waals surface area contributed by atoms with Crippen LogP contribution in [0.15, 0.2) is 48.8 Å². The number of pyridine rings is 1. The fraction of sp³-hybridized carbons (Fsp3) is 0.500. The lowest BCUT2D eigenvalue weighted by molar-refractivity contribution is -0.127. The van der Waals surface area contributed by atoms with Crippen molar-refractivity contribution in [3.63, 3.8) is 0 Å². The van der Waals surface area contributed by atoms with Gasteiger partial charge in [0.25, 0.3) is 5.91 Å². The first-order chi connectivity index (χ1) is 16.4. The van der Waals surface area contributed by atoms with Crippen LogP contribution in [-0.4, -0.2) is 72.0 Å². The molecular weight excluding hydrogens is 430 g/mol. The highest BCUT2D eigenvalue weighted by atomic mass is 16.5. The van der Waals surface area contributed by atoms with Crippen molar-refractivity contribution in [1.29, 1.82) is 0 Å². The van der Waals surface area contributed by atoms with Gasteiger partial charge in [-0.25, -0.2) is 0 Å². The van der Waals surface area contributed by atoms with Crippen molar-refractivity contribution in [2.45, 2.75) is 45.3 Å². The number of methoxy groups -OCH3 is 1. The molecule has 0 saturated carbocycles. The van der Waals surface area contributed by atoms with Crippen molar-refractivity contribution in [2.24, 2.45) is 11.7 Å². The van der Waals surface area contributed by atoms with Crippen LogP contribution >= 0.6 is 0 Å². The van der Waals surface area contributed by atoms with Crippen LogP contribution in [0.4, 0.5) is 0 Å². The molecule has 1 aliphatic heterocycles. The first-order valence-corrected chi connectivity index (χ1v) is 12.0. The van der Waals surface area contributed by atoms with Gasteiger partial charge in [0, 0.05) is 51.2 Å². The second-order valence-electron chi connectivity index (χ2n) is 9.19. The summed E-state index contributed by atoms with van der Waals surface area (Å²) in [5.74, 6) is 0.976. The van der Waals surface area contributed by atoms with Gasteiger partial charge >= 0.3 is 0 Å². The van der Waals surface area contributed by atoms with E-state index in [2.05, 4.69) is 41.2 Å². The second-order valence-corrected chi connectivity index (χ2v) is 9.19. The first-order valence-electron chi connectivity index (χ1n) is 12.0. The zero-order chi connectivity index (χ0) is 24.5. The number of hydrogen-bond acceptors (Lipinski definition) is 6. The Balaban J connectivity index is 1.82. The molecule has 1 aromatic carbocycles. The summed E-state index contributed by atoms with van der Waals surface area (Å²) in [5, 5.41) is 2.89. The number of nitrogens with zero attached hydrogens (tertiary/aromatic N) is 3. The molecule has 1 aliphatic rings. The summed E-state index contributed by atoms with van der Waals surface area (Å²) in [6.45, 7) is 7.30. The number of nitrogens with one attached hydrogen (secondary N) is 1. The number of likely N-dealkylation sites (tertiary alicyclic amines) is 1. The number of benzene rings is 1. The minimum atomic E-state index is -0.557. The molecule has 1 saturated heterocycles. The molecule has 34 heavy (non-hydrogen) atoms. The second kappa shape index (κ2) is 12.5. The van der Waals surface area contributed by atoms with Crippen LogP contribution in [0.25, 0.3) is 0 Å². The largest absolute Gasteiger partial charge is 0.497 e. The van der Waals surface area contributed by atoms with Crippen molar-refractivity contribution in [1.82, 2.24) is 20.1 Å². The van der Waals surface area contributed by atoms with E-state index in [1.807, 2.05) is 12.1 Å². The fourth-order valence-electron chi connectivity index (χ4n) is 4.56. The van der Waals surface area contributed by atoms with Gasteiger partial charge in [-0.2, -0.15) is 0 Å². The number of aromatic nitrogens is 1. The number of nitrogens with two attached hydrogens (primary N) is 1. The topological polar surface area (TPSA) is 101 Å². The fourth-order valence-corrected chi connectivity index (χ4v) is 4.56. The molecule has 2 amide bonds. The highest BCUT2D eigenvalue weighted by Crippen LogP contribution is 2.27. The summed E-state index contributed by atoms with van der Waals surface area (Å²) in [6.07, 6.45) is 4.55. The molecular formula is C26H37N5O3. The molecule has 2 atom stereocenters. The maximum absolute atomic E-state index is 13.3. The normalized spacial score (nSPS) is 18.2. The zero-order valence-corrected chi connectivity index (χ0v) is 20.4. The van der Waals surface area contributed by atoms with Gasteiger partial charge in [0.15, 0.2) is 0 Å². The van der Waals surface area contributed by atoms with Crippen LogP contribution in [0.2, 0.25) is 0 Å². The molecule has 3 N–H and O–H groups in total. The van der Waals surface area contributed by atoms with E-state index in [0.29, 0.717) is 37.5 Å². The third kappa shape index (κ3) is 6.77. The van der Waals surface area contributed by atoms with E-state index >= 15 is 0 Å². The summed E-state index contributed by atoms with van der Waals surface area (Å²) < 4.78 is 5.40. The Hall–Kier alpha value is -2.97. The maximum Gasteiger partial charge on any atom is 0.256 e. The van der Waals surface area contributed by atoms with Gasteiger partial charge in [0.2, 0.25) is 5.91 Å². The average Bonchev–Trinajstić information content (AvgIpc) is 2.86. The SMILES string of the molecule is COc1cccc(CN(CC(C)C)C2CCN(C(=O)c3cccnc3)[C@@H](C(=O)NCCN)C2)c1. The van der Waals surface area contributed by atoms with Crippen molar-refractivity contribution < 1.29 is 14.3 Å². The molecule has 1 aromatic heterocycles. The molecule has 2 aromatic rings. The number of amides is 2. The van der Waals surface area contributed by atoms with E-state index in [1.54, 1.807) is 36.5 Å². The number of rotatable bonds is 10. The van der Waals surface area contributed by atoms with Crippen LogP contribution in [0.3, 0.4) is 0 Å². The highest BCUT2D eigenvalue weighted by Gasteiger charge is 2.38. The lowest BCUT2D eigenvalue weighted by Gasteiger charge is -2.43. The van der Waals surface area contributed by atoms with Gasteiger partial charge in [-0.1, -0.05) is 26.0 Å². The van der Waals surface area contributed by atoms with E-state index in [1.165, 1.54) is 0 Å². The Morgan fingerprint density at radius 1 is 1.29 bits per heavy atom. The summed E-state index contributed by atoms with van der Waals surface area (Å²) in [4.78, 5) is 34.6. The number of hydrogen-bond donors (Lipinski definition) is 2.